The van der Waals surface area contributed by atoms with E-state index in [0.29, 0.717) is 35.8 Å². The van der Waals surface area contributed by atoms with Gasteiger partial charge in [0.1, 0.15) is 0 Å². The smallest absolute Gasteiger partial charge is 0.224 e. The highest BCUT2D eigenvalue weighted by Gasteiger charge is 2.22. The van der Waals surface area contributed by atoms with E-state index in [9.17, 15) is 4.79 Å². The zero-order valence-corrected chi connectivity index (χ0v) is 21.1. The van der Waals surface area contributed by atoms with E-state index in [1.54, 1.807) is 0 Å². The lowest BCUT2D eigenvalue weighted by Crippen LogP contribution is -2.38. The van der Waals surface area contributed by atoms with Gasteiger partial charge in [0.2, 0.25) is 11.9 Å². The zero-order chi connectivity index (χ0) is 24.2. The standard InChI is InChI=1S/C25H29ClN6O2S/c26-19-12-17-14-34-13-16-4-3-5-18(20(16)17)21(19)22-30-24(27)32-25(31-22)35-11-2-1-8-29-23(33)15-6-9-28-10-7-15/h3-5,12,15,28H,1-2,6-11,13-14H2,(H,29,33)(H2,27,30,31,32). The summed E-state index contributed by atoms with van der Waals surface area (Å²) in [6.45, 7) is 3.64. The fraction of sp³-hybridized carbons (Fsp3) is 0.440. The van der Waals surface area contributed by atoms with Crippen LogP contribution >= 0.6 is 23.4 Å². The van der Waals surface area contributed by atoms with E-state index in [0.717, 1.165) is 72.0 Å². The molecule has 1 fully saturated rings. The van der Waals surface area contributed by atoms with E-state index in [1.165, 1.54) is 11.8 Å². The van der Waals surface area contributed by atoms with Crippen LogP contribution in [0.1, 0.15) is 36.8 Å². The fourth-order valence-corrected chi connectivity index (χ4v) is 5.88. The lowest BCUT2D eigenvalue weighted by atomic mass is 9.94. The van der Waals surface area contributed by atoms with Gasteiger partial charge in [0.25, 0.3) is 0 Å². The molecule has 2 aliphatic heterocycles. The number of benzene rings is 2. The van der Waals surface area contributed by atoms with Crippen molar-refractivity contribution in [1.82, 2.24) is 25.6 Å². The van der Waals surface area contributed by atoms with Crippen molar-refractivity contribution in [1.29, 1.82) is 0 Å². The molecule has 3 heterocycles. The van der Waals surface area contributed by atoms with Crippen LogP contribution in [0.4, 0.5) is 5.95 Å². The molecule has 0 radical (unpaired) electrons. The maximum Gasteiger partial charge on any atom is 0.224 e. The monoisotopic (exact) mass is 512 g/mol. The van der Waals surface area contributed by atoms with Crippen molar-refractivity contribution < 1.29 is 9.53 Å². The van der Waals surface area contributed by atoms with Crippen LogP contribution in [-0.2, 0) is 22.7 Å². The van der Waals surface area contributed by atoms with Crippen molar-refractivity contribution in [3.63, 3.8) is 0 Å². The number of hydrogen-bond acceptors (Lipinski definition) is 8. The molecule has 2 aliphatic rings. The molecule has 0 spiro atoms. The molecule has 35 heavy (non-hydrogen) atoms. The predicted molar refractivity (Wildman–Crippen MR) is 139 cm³/mol. The van der Waals surface area contributed by atoms with Crippen molar-refractivity contribution in [2.24, 2.45) is 5.92 Å². The van der Waals surface area contributed by atoms with Crippen LogP contribution < -0.4 is 16.4 Å². The van der Waals surface area contributed by atoms with Crippen LogP contribution in [-0.4, -0.2) is 46.2 Å². The highest BCUT2D eigenvalue weighted by molar-refractivity contribution is 7.99. The van der Waals surface area contributed by atoms with Gasteiger partial charge in [0, 0.05) is 23.8 Å². The van der Waals surface area contributed by atoms with Gasteiger partial charge in [-0.3, -0.25) is 4.79 Å². The number of ether oxygens (including phenoxy) is 1. The number of carbonyl (C=O) groups is 1. The minimum absolute atomic E-state index is 0.145. The molecular formula is C25H29ClN6O2S. The van der Waals surface area contributed by atoms with E-state index in [4.69, 9.17) is 27.1 Å². The summed E-state index contributed by atoms with van der Waals surface area (Å²) in [4.78, 5) is 25.7. The Bertz CT molecular complexity index is 1230. The molecule has 0 aliphatic carbocycles. The van der Waals surface area contributed by atoms with Crippen LogP contribution in [0, 0.1) is 5.92 Å². The first-order valence-corrected chi connectivity index (χ1v) is 13.4. The summed E-state index contributed by atoms with van der Waals surface area (Å²) in [6.07, 6.45) is 3.67. The van der Waals surface area contributed by atoms with E-state index in [1.807, 2.05) is 18.2 Å². The number of nitrogens with two attached hydrogens (primary N) is 1. The van der Waals surface area contributed by atoms with E-state index >= 15 is 0 Å². The Morgan fingerprint density at radius 1 is 1.17 bits per heavy atom. The molecule has 8 nitrogen and oxygen atoms in total. The van der Waals surface area contributed by atoms with Crippen LogP contribution in [0.3, 0.4) is 0 Å². The van der Waals surface area contributed by atoms with Crippen LogP contribution in [0.2, 0.25) is 5.02 Å². The lowest BCUT2D eigenvalue weighted by Gasteiger charge is -2.21. The van der Waals surface area contributed by atoms with Crippen molar-refractivity contribution in [3.8, 4) is 11.4 Å². The molecule has 0 atom stereocenters. The Morgan fingerprint density at radius 3 is 2.86 bits per heavy atom. The summed E-state index contributed by atoms with van der Waals surface area (Å²) in [5.74, 6) is 1.80. The summed E-state index contributed by atoms with van der Waals surface area (Å²) in [5.41, 5.74) is 9.02. The first kappa shape index (κ1) is 24.2. The van der Waals surface area contributed by atoms with Gasteiger partial charge in [-0.05, 0) is 66.7 Å². The Labute approximate surface area is 213 Å². The van der Waals surface area contributed by atoms with E-state index < -0.39 is 0 Å². The maximum absolute atomic E-state index is 12.2. The normalized spacial score (nSPS) is 15.9. The number of nitrogen functional groups attached to an aromatic ring is 1. The third-order valence-corrected chi connectivity index (χ3v) is 7.70. The number of nitrogens with one attached hydrogen (secondary N) is 2. The highest BCUT2D eigenvalue weighted by atomic mass is 35.5. The summed E-state index contributed by atoms with van der Waals surface area (Å²) < 4.78 is 5.69. The number of carbonyl (C=O) groups excluding carboxylic acids is 1. The molecule has 10 heteroatoms. The molecule has 1 aromatic heterocycles. The molecule has 0 saturated carbocycles. The van der Waals surface area contributed by atoms with Crippen molar-refractivity contribution >= 4 is 46.0 Å². The summed E-state index contributed by atoms with van der Waals surface area (Å²) >= 11 is 8.24. The third kappa shape index (κ3) is 5.53. The number of anilines is 1. The second-order valence-corrected chi connectivity index (χ2v) is 10.4. The van der Waals surface area contributed by atoms with Gasteiger partial charge in [-0.2, -0.15) is 9.97 Å². The molecule has 5 rings (SSSR count). The maximum atomic E-state index is 12.2. The fourth-order valence-electron chi connectivity index (χ4n) is 4.72. The SMILES string of the molecule is Nc1nc(SCCCCNC(=O)C2CCNCC2)nc(-c2c(Cl)cc3c4c(cccc24)COC3)n1. The van der Waals surface area contributed by atoms with E-state index in [-0.39, 0.29) is 17.8 Å². The van der Waals surface area contributed by atoms with E-state index in [2.05, 4.69) is 26.7 Å². The van der Waals surface area contributed by atoms with Crippen molar-refractivity contribution in [2.45, 2.75) is 44.1 Å². The van der Waals surface area contributed by atoms with Gasteiger partial charge >= 0.3 is 0 Å². The second-order valence-electron chi connectivity index (χ2n) is 8.90. The van der Waals surface area contributed by atoms with Gasteiger partial charge in [0.05, 0.1) is 18.2 Å². The van der Waals surface area contributed by atoms with Gasteiger partial charge in [-0.1, -0.05) is 41.6 Å². The zero-order valence-electron chi connectivity index (χ0n) is 19.5. The number of aromatic nitrogens is 3. The Morgan fingerprint density at radius 2 is 2.00 bits per heavy atom. The largest absolute Gasteiger partial charge is 0.372 e. The third-order valence-electron chi connectivity index (χ3n) is 6.46. The minimum Gasteiger partial charge on any atom is -0.372 e. The number of thioether (sulfide) groups is 1. The summed E-state index contributed by atoms with van der Waals surface area (Å²) in [6, 6.07) is 8.05. The molecular weight excluding hydrogens is 484 g/mol. The van der Waals surface area contributed by atoms with Gasteiger partial charge in [-0.15, -0.1) is 0 Å². The molecule has 1 amide bonds. The Hall–Kier alpha value is -2.46. The number of halogens is 1. The quantitative estimate of drug-likeness (QED) is 0.307. The number of rotatable bonds is 8. The number of unbranched alkanes of at least 4 members (excludes halogenated alkanes) is 1. The van der Waals surface area contributed by atoms with Crippen molar-refractivity contribution in [3.05, 3.63) is 40.4 Å². The van der Waals surface area contributed by atoms with Gasteiger partial charge in [0.15, 0.2) is 11.0 Å². The van der Waals surface area contributed by atoms with Crippen LogP contribution in [0.5, 0.6) is 0 Å². The molecule has 0 unspecified atom stereocenters. The Balaban J connectivity index is 1.23. The van der Waals surface area contributed by atoms with Crippen LogP contribution in [0.25, 0.3) is 22.2 Å². The first-order chi connectivity index (χ1) is 17.1. The van der Waals surface area contributed by atoms with Gasteiger partial charge < -0.3 is 21.1 Å². The topological polar surface area (TPSA) is 115 Å². The molecule has 2 aromatic carbocycles. The number of piperidine rings is 1. The van der Waals surface area contributed by atoms with Crippen LogP contribution in [0.15, 0.2) is 29.4 Å². The van der Waals surface area contributed by atoms with Gasteiger partial charge in [-0.25, -0.2) is 4.98 Å². The summed E-state index contributed by atoms with van der Waals surface area (Å²) in [7, 11) is 0. The highest BCUT2D eigenvalue weighted by Crippen LogP contribution is 2.39. The van der Waals surface area contributed by atoms with Crippen molar-refractivity contribution in [2.75, 3.05) is 31.1 Å². The molecule has 3 aromatic rings. The number of nitrogens with zero attached hydrogens (tertiary/aromatic N) is 3. The molecule has 4 N–H and O–H groups in total. The first-order valence-electron chi connectivity index (χ1n) is 12.0. The second kappa shape index (κ2) is 11.1. The number of hydrogen-bond donors (Lipinski definition) is 3. The average Bonchev–Trinajstić information content (AvgIpc) is 2.86. The predicted octanol–water partition coefficient (Wildman–Crippen LogP) is 3.95. The number of amides is 1. The summed E-state index contributed by atoms with van der Waals surface area (Å²) in [5, 5.41) is 9.66. The minimum atomic E-state index is 0.145. The molecule has 184 valence electrons. The molecule has 1 saturated heterocycles. The average molecular weight is 513 g/mol. The lowest BCUT2D eigenvalue weighted by molar-refractivity contribution is -0.125. The Kier molecular flexibility index (Phi) is 7.67. The molecule has 0 bridgehead atoms.